The minimum absolute atomic E-state index is 0.0685. The predicted octanol–water partition coefficient (Wildman–Crippen LogP) is 2.80. The van der Waals surface area contributed by atoms with E-state index in [-0.39, 0.29) is 34.1 Å². The summed E-state index contributed by atoms with van der Waals surface area (Å²) in [5, 5.41) is 13.3. The Morgan fingerprint density at radius 3 is 2.61 bits per heavy atom. The molecule has 1 aromatic carbocycles. The predicted molar refractivity (Wildman–Crippen MR) is 83.7 cm³/mol. The molecule has 0 radical (unpaired) electrons. The summed E-state index contributed by atoms with van der Waals surface area (Å²) in [6.07, 6.45) is 2.30. The molecule has 0 atom stereocenters. The van der Waals surface area contributed by atoms with E-state index in [4.69, 9.17) is 9.47 Å². The molecule has 0 aliphatic rings. The summed E-state index contributed by atoms with van der Waals surface area (Å²) < 4.78 is 11.9. The van der Waals surface area contributed by atoms with Gasteiger partial charge in [0.2, 0.25) is 0 Å². The Morgan fingerprint density at radius 1 is 1.30 bits per heavy atom. The average Bonchev–Trinajstić information content (AvgIpc) is 3.13. The number of fused-ring (bicyclic) bond motifs is 1. The molecule has 0 N–H and O–H groups in total. The molecule has 0 saturated heterocycles. The number of imidazole rings is 1. The van der Waals surface area contributed by atoms with E-state index in [2.05, 4.69) is 4.98 Å². The second kappa shape index (κ2) is 5.69. The molecule has 118 valence electrons. The maximum atomic E-state index is 11.5. The standard InChI is InChI=1S/C14H11N3O5S/c1-21-9-3-4-10(22-2)13(17(19)20)11(9)12-8(7-18)16-5-6-23-14(16)15-12/h3-7H,1-2H3. The van der Waals surface area contributed by atoms with Gasteiger partial charge in [-0.3, -0.25) is 19.3 Å². The van der Waals surface area contributed by atoms with Crippen LogP contribution in [-0.4, -0.2) is 34.8 Å². The van der Waals surface area contributed by atoms with Crippen LogP contribution in [0.2, 0.25) is 0 Å². The minimum Gasteiger partial charge on any atom is -0.496 e. The fourth-order valence-electron chi connectivity index (χ4n) is 2.40. The average molecular weight is 333 g/mol. The van der Waals surface area contributed by atoms with Crippen LogP contribution in [0.1, 0.15) is 10.5 Å². The monoisotopic (exact) mass is 333 g/mol. The third-order valence-corrected chi connectivity index (χ3v) is 4.13. The van der Waals surface area contributed by atoms with Gasteiger partial charge < -0.3 is 9.47 Å². The zero-order valence-corrected chi connectivity index (χ0v) is 13.0. The van der Waals surface area contributed by atoms with E-state index in [0.717, 1.165) is 0 Å². The first-order chi connectivity index (χ1) is 11.1. The van der Waals surface area contributed by atoms with Crippen LogP contribution in [-0.2, 0) is 0 Å². The third kappa shape index (κ3) is 2.21. The molecule has 0 spiro atoms. The van der Waals surface area contributed by atoms with Crippen molar-refractivity contribution in [3.8, 4) is 22.8 Å². The van der Waals surface area contributed by atoms with Crippen LogP contribution in [0.4, 0.5) is 5.69 Å². The number of hydrogen-bond donors (Lipinski definition) is 0. The molecule has 0 unspecified atom stereocenters. The number of nitro groups is 1. The summed E-state index contributed by atoms with van der Waals surface area (Å²) in [4.78, 5) is 27.4. The Balaban J connectivity index is 2.43. The largest absolute Gasteiger partial charge is 0.496 e. The third-order valence-electron chi connectivity index (χ3n) is 3.37. The number of carbonyl (C=O) groups excluding carboxylic acids is 1. The number of nitrogens with zero attached hydrogens (tertiary/aromatic N) is 3. The van der Waals surface area contributed by atoms with Crippen molar-refractivity contribution in [2.75, 3.05) is 14.2 Å². The molecule has 2 aromatic heterocycles. The Morgan fingerprint density at radius 2 is 2.00 bits per heavy atom. The van der Waals surface area contributed by atoms with Crippen LogP contribution in [0.25, 0.3) is 16.2 Å². The lowest BCUT2D eigenvalue weighted by atomic mass is 10.1. The van der Waals surface area contributed by atoms with E-state index in [1.165, 1.54) is 31.6 Å². The first-order valence-corrected chi connectivity index (χ1v) is 7.30. The molecule has 3 aromatic rings. The smallest absolute Gasteiger partial charge is 0.324 e. The van der Waals surface area contributed by atoms with Gasteiger partial charge in [0.15, 0.2) is 17.0 Å². The van der Waals surface area contributed by atoms with Gasteiger partial charge in [0.05, 0.1) is 19.1 Å². The van der Waals surface area contributed by atoms with Gasteiger partial charge in [0.1, 0.15) is 22.7 Å². The fourth-order valence-corrected chi connectivity index (χ4v) is 3.12. The van der Waals surface area contributed by atoms with Crippen molar-refractivity contribution in [1.82, 2.24) is 9.38 Å². The number of aromatic nitrogens is 2. The number of rotatable bonds is 5. The molecule has 0 saturated carbocycles. The molecule has 0 bridgehead atoms. The summed E-state index contributed by atoms with van der Waals surface area (Å²) in [7, 11) is 2.74. The molecule has 3 rings (SSSR count). The van der Waals surface area contributed by atoms with Crippen molar-refractivity contribution >= 4 is 28.3 Å². The van der Waals surface area contributed by atoms with E-state index in [1.54, 1.807) is 22.0 Å². The van der Waals surface area contributed by atoms with Crippen molar-refractivity contribution in [3.63, 3.8) is 0 Å². The Hall–Kier alpha value is -2.94. The van der Waals surface area contributed by atoms with Gasteiger partial charge in [0, 0.05) is 11.6 Å². The van der Waals surface area contributed by atoms with Crippen molar-refractivity contribution in [2.24, 2.45) is 0 Å². The molecule has 23 heavy (non-hydrogen) atoms. The van der Waals surface area contributed by atoms with Gasteiger partial charge in [0.25, 0.3) is 0 Å². The van der Waals surface area contributed by atoms with Gasteiger partial charge in [-0.25, -0.2) is 4.98 Å². The van der Waals surface area contributed by atoms with E-state index >= 15 is 0 Å². The Bertz CT molecular complexity index is 915. The van der Waals surface area contributed by atoms with Crippen LogP contribution >= 0.6 is 11.3 Å². The zero-order valence-electron chi connectivity index (χ0n) is 12.2. The quantitative estimate of drug-likeness (QED) is 0.405. The number of ether oxygens (including phenoxy) is 2. The van der Waals surface area contributed by atoms with E-state index < -0.39 is 4.92 Å². The molecule has 2 heterocycles. The summed E-state index contributed by atoms with van der Waals surface area (Å²) in [6, 6.07) is 2.99. The second-order valence-corrected chi connectivity index (χ2v) is 5.34. The summed E-state index contributed by atoms with van der Waals surface area (Å²) in [6.45, 7) is 0. The molecule has 0 aliphatic carbocycles. The SMILES string of the molecule is COc1ccc(OC)c([N+](=O)[O-])c1-c1nc2sccn2c1C=O. The van der Waals surface area contributed by atoms with Crippen molar-refractivity contribution in [1.29, 1.82) is 0 Å². The van der Waals surface area contributed by atoms with Crippen molar-refractivity contribution < 1.29 is 19.2 Å². The molecular formula is C14H11N3O5S. The number of carbonyl (C=O) groups is 1. The first-order valence-electron chi connectivity index (χ1n) is 6.42. The minimum atomic E-state index is -0.571. The van der Waals surface area contributed by atoms with Crippen LogP contribution in [0.15, 0.2) is 23.7 Å². The molecule has 0 fully saturated rings. The number of thiazole rings is 1. The van der Waals surface area contributed by atoms with Crippen LogP contribution in [0.3, 0.4) is 0 Å². The van der Waals surface area contributed by atoms with Crippen molar-refractivity contribution in [2.45, 2.75) is 0 Å². The number of hydrogen-bond acceptors (Lipinski definition) is 7. The second-order valence-electron chi connectivity index (χ2n) is 4.47. The van der Waals surface area contributed by atoms with Crippen LogP contribution in [0, 0.1) is 10.1 Å². The zero-order chi connectivity index (χ0) is 16.6. The summed E-state index contributed by atoms with van der Waals surface area (Å²) in [5.74, 6) is 0.311. The van der Waals surface area contributed by atoms with E-state index in [0.29, 0.717) is 11.2 Å². The fraction of sp³-hybridized carbons (Fsp3) is 0.143. The molecular weight excluding hydrogens is 322 g/mol. The Labute approximate surface area is 134 Å². The van der Waals surface area contributed by atoms with Gasteiger partial charge in [-0.1, -0.05) is 0 Å². The van der Waals surface area contributed by atoms with Gasteiger partial charge in [-0.15, -0.1) is 11.3 Å². The molecule has 8 nitrogen and oxygen atoms in total. The number of aldehydes is 1. The molecule has 9 heteroatoms. The van der Waals surface area contributed by atoms with Gasteiger partial charge in [-0.05, 0) is 12.1 Å². The normalized spacial score (nSPS) is 10.7. The van der Waals surface area contributed by atoms with Gasteiger partial charge in [-0.2, -0.15) is 0 Å². The highest BCUT2D eigenvalue weighted by atomic mass is 32.1. The molecule has 0 amide bonds. The number of methoxy groups -OCH3 is 2. The lowest BCUT2D eigenvalue weighted by Gasteiger charge is -2.10. The maximum absolute atomic E-state index is 11.5. The number of benzene rings is 1. The lowest BCUT2D eigenvalue weighted by Crippen LogP contribution is -2.01. The lowest BCUT2D eigenvalue weighted by molar-refractivity contribution is -0.385. The van der Waals surface area contributed by atoms with Crippen molar-refractivity contribution in [3.05, 3.63) is 39.5 Å². The summed E-state index contributed by atoms with van der Waals surface area (Å²) >= 11 is 1.32. The Kier molecular flexibility index (Phi) is 3.70. The van der Waals surface area contributed by atoms with E-state index in [1.807, 2.05) is 0 Å². The highest BCUT2D eigenvalue weighted by Gasteiger charge is 2.30. The van der Waals surface area contributed by atoms with E-state index in [9.17, 15) is 14.9 Å². The van der Waals surface area contributed by atoms with Crippen LogP contribution < -0.4 is 9.47 Å². The first kappa shape index (κ1) is 15.0. The maximum Gasteiger partial charge on any atom is 0.324 e. The number of nitro benzene ring substituents is 1. The summed E-state index contributed by atoms with van der Waals surface area (Å²) in [5.41, 5.74) is 0.237. The molecule has 0 aliphatic heterocycles. The highest BCUT2D eigenvalue weighted by molar-refractivity contribution is 7.15. The topological polar surface area (TPSA) is 96.0 Å². The van der Waals surface area contributed by atoms with Gasteiger partial charge >= 0.3 is 5.69 Å². The van der Waals surface area contributed by atoms with Crippen LogP contribution in [0.5, 0.6) is 11.5 Å². The highest BCUT2D eigenvalue weighted by Crippen LogP contribution is 2.44.